The number of urea groups is 1. The predicted octanol–water partition coefficient (Wildman–Crippen LogP) is 0.549. The van der Waals surface area contributed by atoms with Crippen molar-refractivity contribution in [1.29, 1.82) is 0 Å². The third kappa shape index (κ3) is 2.86. The second kappa shape index (κ2) is 5.50. The number of morpholine rings is 1. The molecule has 0 aromatic rings. The maximum atomic E-state index is 12.0. The van der Waals surface area contributed by atoms with Gasteiger partial charge >= 0.3 is 6.03 Å². The standard InChI is InChI=1S/C11H20N2O3/c1-12(9-10-3-2-6-16-10)11(14)13-4-7-15-8-5-13/h10H,2-9H2,1H3. The van der Waals surface area contributed by atoms with Crippen LogP contribution in [-0.2, 0) is 9.47 Å². The average molecular weight is 228 g/mol. The first-order chi connectivity index (χ1) is 7.77. The highest BCUT2D eigenvalue weighted by Gasteiger charge is 2.24. The van der Waals surface area contributed by atoms with Crippen molar-refractivity contribution < 1.29 is 14.3 Å². The summed E-state index contributed by atoms with van der Waals surface area (Å²) in [6, 6.07) is 0.0961. The molecule has 0 bridgehead atoms. The molecule has 0 aromatic heterocycles. The van der Waals surface area contributed by atoms with E-state index < -0.39 is 0 Å². The van der Waals surface area contributed by atoms with Crippen LogP contribution in [0.15, 0.2) is 0 Å². The van der Waals surface area contributed by atoms with Gasteiger partial charge < -0.3 is 19.3 Å². The molecule has 2 rings (SSSR count). The van der Waals surface area contributed by atoms with Gasteiger partial charge in [0, 0.05) is 33.3 Å². The monoisotopic (exact) mass is 228 g/mol. The number of nitrogens with zero attached hydrogens (tertiary/aromatic N) is 2. The highest BCUT2D eigenvalue weighted by Crippen LogP contribution is 2.13. The van der Waals surface area contributed by atoms with Crippen LogP contribution in [-0.4, -0.2) is 68.4 Å². The Morgan fingerprint density at radius 1 is 1.38 bits per heavy atom. The molecule has 0 radical (unpaired) electrons. The fraction of sp³-hybridized carbons (Fsp3) is 0.909. The van der Waals surface area contributed by atoms with E-state index in [1.165, 1.54) is 0 Å². The van der Waals surface area contributed by atoms with Gasteiger partial charge in [-0.2, -0.15) is 0 Å². The molecule has 2 heterocycles. The fourth-order valence-corrected chi connectivity index (χ4v) is 2.17. The summed E-state index contributed by atoms with van der Waals surface area (Å²) in [4.78, 5) is 15.6. The molecule has 1 unspecified atom stereocenters. The van der Waals surface area contributed by atoms with E-state index in [9.17, 15) is 4.79 Å². The minimum atomic E-state index is 0.0961. The maximum absolute atomic E-state index is 12.0. The van der Waals surface area contributed by atoms with Crippen LogP contribution in [0.3, 0.4) is 0 Å². The van der Waals surface area contributed by atoms with E-state index in [1.807, 2.05) is 11.9 Å². The van der Waals surface area contributed by atoms with Gasteiger partial charge in [0.1, 0.15) is 0 Å². The molecule has 2 fully saturated rings. The van der Waals surface area contributed by atoms with E-state index in [2.05, 4.69) is 0 Å². The second-order valence-corrected chi connectivity index (χ2v) is 4.40. The molecule has 0 saturated carbocycles. The summed E-state index contributed by atoms with van der Waals surface area (Å²) in [6.07, 6.45) is 2.42. The Hall–Kier alpha value is -0.810. The van der Waals surface area contributed by atoms with Gasteiger partial charge in [-0.3, -0.25) is 0 Å². The van der Waals surface area contributed by atoms with Crippen molar-refractivity contribution in [3.05, 3.63) is 0 Å². The highest BCUT2D eigenvalue weighted by atomic mass is 16.5. The SMILES string of the molecule is CN(CC1CCCO1)C(=O)N1CCOCC1. The number of ether oxygens (including phenoxy) is 2. The zero-order chi connectivity index (χ0) is 11.4. The van der Waals surface area contributed by atoms with Gasteiger partial charge in [0.25, 0.3) is 0 Å². The van der Waals surface area contributed by atoms with Crippen LogP contribution in [0, 0.1) is 0 Å². The largest absolute Gasteiger partial charge is 0.378 e. The van der Waals surface area contributed by atoms with Crippen molar-refractivity contribution in [3.63, 3.8) is 0 Å². The Morgan fingerprint density at radius 2 is 2.12 bits per heavy atom. The van der Waals surface area contributed by atoms with Crippen LogP contribution in [0.1, 0.15) is 12.8 Å². The Morgan fingerprint density at radius 3 is 2.75 bits per heavy atom. The van der Waals surface area contributed by atoms with E-state index in [0.717, 1.165) is 19.4 Å². The minimum absolute atomic E-state index is 0.0961. The van der Waals surface area contributed by atoms with Crippen LogP contribution in [0.2, 0.25) is 0 Å². The lowest BCUT2D eigenvalue weighted by Crippen LogP contribution is -2.48. The summed E-state index contributed by atoms with van der Waals surface area (Å²) in [6.45, 7) is 4.25. The van der Waals surface area contributed by atoms with Crippen molar-refractivity contribution in [1.82, 2.24) is 9.80 Å². The van der Waals surface area contributed by atoms with E-state index in [-0.39, 0.29) is 12.1 Å². The molecule has 0 aliphatic carbocycles. The highest BCUT2D eigenvalue weighted by molar-refractivity contribution is 5.74. The van der Waals surface area contributed by atoms with Gasteiger partial charge in [-0.1, -0.05) is 0 Å². The third-order valence-corrected chi connectivity index (χ3v) is 3.11. The topological polar surface area (TPSA) is 42.0 Å². The minimum Gasteiger partial charge on any atom is -0.378 e. The molecule has 0 aromatic carbocycles. The molecular weight excluding hydrogens is 208 g/mol. The smallest absolute Gasteiger partial charge is 0.319 e. The third-order valence-electron chi connectivity index (χ3n) is 3.11. The molecule has 5 heteroatoms. The molecular formula is C11H20N2O3. The molecule has 16 heavy (non-hydrogen) atoms. The summed E-state index contributed by atoms with van der Waals surface area (Å²) in [5.41, 5.74) is 0. The number of amides is 2. The number of hydrogen-bond acceptors (Lipinski definition) is 3. The van der Waals surface area contributed by atoms with Crippen LogP contribution in [0.4, 0.5) is 4.79 Å². The normalized spacial score (nSPS) is 25.8. The molecule has 1 atom stereocenters. The molecule has 0 N–H and O–H groups in total. The zero-order valence-electron chi connectivity index (χ0n) is 9.85. The number of rotatable bonds is 2. The van der Waals surface area contributed by atoms with E-state index in [1.54, 1.807) is 4.90 Å². The number of likely N-dealkylation sites (N-methyl/N-ethyl adjacent to an activating group) is 1. The summed E-state index contributed by atoms with van der Waals surface area (Å²) in [5, 5.41) is 0. The lowest BCUT2D eigenvalue weighted by atomic mass is 10.2. The summed E-state index contributed by atoms with van der Waals surface area (Å²) in [7, 11) is 1.85. The van der Waals surface area contributed by atoms with Gasteiger partial charge in [0.05, 0.1) is 19.3 Å². The number of carbonyl (C=O) groups excluding carboxylic acids is 1. The molecule has 92 valence electrons. The quantitative estimate of drug-likeness (QED) is 0.693. The van der Waals surface area contributed by atoms with Crippen molar-refractivity contribution in [3.8, 4) is 0 Å². The van der Waals surface area contributed by atoms with E-state index >= 15 is 0 Å². The van der Waals surface area contributed by atoms with Gasteiger partial charge in [-0.15, -0.1) is 0 Å². The maximum Gasteiger partial charge on any atom is 0.319 e. The Bertz CT molecular complexity index is 235. The molecule has 2 aliphatic rings. The van der Waals surface area contributed by atoms with Crippen molar-refractivity contribution in [2.45, 2.75) is 18.9 Å². The molecule has 0 spiro atoms. The second-order valence-electron chi connectivity index (χ2n) is 4.40. The first-order valence-corrected chi connectivity index (χ1v) is 5.97. The van der Waals surface area contributed by atoms with Gasteiger partial charge in [-0.25, -0.2) is 4.79 Å². The van der Waals surface area contributed by atoms with Crippen molar-refractivity contribution in [2.24, 2.45) is 0 Å². The van der Waals surface area contributed by atoms with Crippen molar-refractivity contribution in [2.75, 3.05) is 46.5 Å². The molecule has 2 aliphatic heterocycles. The average Bonchev–Trinajstić information content (AvgIpc) is 2.82. The lowest BCUT2D eigenvalue weighted by Gasteiger charge is -2.31. The van der Waals surface area contributed by atoms with Crippen molar-refractivity contribution >= 4 is 6.03 Å². The van der Waals surface area contributed by atoms with Crippen LogP contribution >= 0.6 is 0 Å². The summed E-state index contributed by atoms with van der Waals surface area (Å²) in [5.74, 6) is 0. The predicted molar refractivity (Wildman–Crippen MR) is 59.4 cm³/mol. The number of carbonyl (C=O) groups is 1. The molecule has 5 nitrogen and oxygen atoms in total. The van der Waals surface area contributed by atoms with Gasteiger partial charge in [0.2, 0.25) is 0 Å². The Kier molecular flexibility index (Phi) is 4.01. The van der Waals surface area contributed by atoms with Gasteiger partial charge in [0.15, 0.2) is 0 Å². The number of hydrogen-bond donors (Lipinski definition) is 0. The lowest BCUT2D eigenvalue weighted by molar-refractivity contribution is 0.0377. The molecule has 2 saturated heterocycles. The van der Waals surface area contributed by atoms with Crippen LogP contribution in [0.5, 0.6) is 0 Å². The van der Waals surface area contributed by atoms with E-state index in [0.29, 0.717) is 32.8 Å². The first kappa shape index (κ1) is 11.7. The zero-order valence-corrected chi connectivity index (χ0v) is 9.85. The van der Waals surface area contributed by atoms with Crippen LogP contribution in [0.25, 0.3) is 0 Å². The molecule has 2 amide bonds. The summed E-state index contributed by atoms with van der Waals surface area (Å²) < 4.78 is 10.7. The summed E-state index contributed by atoms with van der Waals surface area (Å²) >= 11 is 0. The fourth-order valence-electron chi connectivity index (χ4n) is 2.17. The first-order valence-electron chi connectivity index (χ1n) is 5.97. The van der Waals surface area contributed by atoms with E-state index in [4.69, 9.17) is 9.47 Å². The Balaban J connectivity index is 1.78. The Labute approximate surface area is 96.3 Å². The van der Waals surface area contributed by atoms with Crippen LogP contribution < -0.4 is 0 Å². The van der Waals surface area contributed by atoms with Gasteiger partial charge in [-0.05, 0) is 12.8 Å².